The fraction of sp³-hybridized carbons (Fsp3) is 0.308. The summed E-state index contributed by atoms with van der Waals surface area (Å²) in [5, 5.41) is 20.5. The van der Waals surface area contributed by atoms with Crippen LogP contribution in [0.5, 0.6) is 17.2 Å². The molecule has 1 amide bonds. The summed E-state index contributed by atoms with van der Waals surface area (Å²) in [4.78, 5) is 27.9. The van der Waals surface area contributed by atoms with Crippen LogP contribution in [0, 0.1) is 6.92 Å². The average Bonchev–Trinajstić information content (AvgIpc) is 3.53. The smallest absolute Gasteiger partial charge is 0.301 e. The van der Waals surface area contributed by atoms with Crippen LogP contribution in [-0.2, 0) is 16.0 Å². The monoisotopic (exact) mass is 507 g/mol. The molecular formula is C26H25N3O6S. The second kappa shape index (κ2) is 9.27. The molecule has 2 unspecified atom stereocenters. The number of aliphatic hydroxyl groups excluding tert-OH is 1. The van der Waals surface area contributed by atoms with Crippen molar-refractivity contribution in [3.05, 3.63) is 63.7 Å². The fourth-order valence-corrected chi connectivity index (χ4v) is 5.30. The second-order valence-corrected chi connectivity index (χ2v) is 9.73. The molecule has 3 aromatic rings. The van der Waals surface area contributed by atoms with Gasteiger partial charge < -0.3 is 19.3 Å². The number of anilines is 1. The van der Waals surface area contributed by atoms with Crippen molar-refractivity contribution in [1.82, 2.24) is 10.2 Å². The van der Waals surface area contributed by atoms with Gasteiger partial charge in [0.15, 0.2) is 11.5 Å². The number of carbonyl (C=O) groups is 2. The number of amides is 1. The molecule has 186 valence electrons. The van der Waals surface area contributed by atoms with Gasteiger partial charge in [0.05, 0.1) is 25.3 Å². The zero-order valence-corrected chi connectivity index (χ0v) is 21.1. The number of benzene rings is 2. The Bertz CT molecular complexity index is 1400. The van der Waals surface area contributed by atoms with Crippen LogP contribution < -0.4 is 19.1 Å². The fourth-order valence-electron chi connectivity index (χ4n) is 4.58. The molecule has 3 heterocycles. The summed E-state index contributed by atoms with van der Waals surface area (Å²) >= 11 is 1.19. The number of aliphatic hydroxyl groups is 1. The summed E-state index contributed by atoms with van der Waals surface area (Å²) in [6, 6.07) is 9.48. The molecule has 0 spiro atoms. The molecule has 5 rings (SSSR count). The van der Waals surface area contributed by atoms with Crippen molar-refractivity contribution < 1.29 is 28.9 Å². The standard InChI is InChI=1S/C26H25N3O6S/c1-5-34-19-9-6-15(12-20(19)33-4)22-21(24(31)25(32)29(22)26-28-27-14(3)36-26)23(30)16-7-8-18-17(11-16)10-13(2)35-18/h6-9,11-13,22,30H,5,10H2,1-4H3/b23-21-. The number of fused-ring (bicyclic) bond motifs is 1. The number of hydrogen-bond acceptors (Lipinski definition) is 9. The molecule has 0 bridgehead atoms. The van der Waals surface area contributed by atoms with Crippen molar-refractivity contribution in [2.45, 2.75) is 39.3 Å². The number of carbonyl (C=O) groups excluding carboxylic acids is 2. The number of ketones is 1. The summed E-state index contributed by atoms with van der Waals surface area (Å²) in [6.45, 7) is 6.04. The Labute approximate surface area is 211 Å². The van der Waals surface area contributed by atoms with E-state index in [1.807, 2.05) is 13.8 Å². The molecule has 2 aliphatic heterocycles. The predicted octanol–water partition coefficient (Wildman–Crippen LogP) is 4.20. The van der Waals surface area contributed by atoms with E-state index in [1.165, 1.54) is 23.3 Å². The molecule has 2 atom stereocenters. The number of hydrogen-bond donors (Lipinski definition) is 1. The molecule has 1 aromatic heterocycles. The highest BCUT2D eigenvalue weighted by Crippen LogP contribution is 2.45. The van der Waals surface area contributed by atoms with E-state index < -0.39 is 17.7 Å². The lowest BCUT2D eigenvalue weighted by atomic mass is 9.94. The third kappa shape index (κ3) is 3.97. The van der Waals surface area contributed by atoms with Crippen molar-refractivity contribution in [2.24, 2.45) is 0 Å². The Hall–Kier alpha value is -3.92. The van der Waals surface area contributed by atoms with Gasteiger partial charge in [-0.25, -0.2) is 0 Å². The van der Waals surface area contributed by atoms with E-state index in [0.717, 1.165) is 11.3 Å². The topological polar surface area (TPSA) is 111 Å². The average molecular weight is 508 g/mol. The summed E-state index contributed by atoms with van der Waals surface area (Å²) in [7, 11) is 1.51. The minimum Gasteiger partial charge on any atom is -0.507 e. The van der Waals surface area contributed by atoms with Crippen molar-refractivity contribution in [2.75, 3.05) is 18.6 Å². The quantitative estimate of drug-likeness (QED) is 0.300. The predicted molar refractivity (Wildman–Crippen MR) is 134 cm³/mol. The molecular weight excluding hydrogens is 482 g/mol. The lowest BCUT2D eigenvalue weighted by Crippen LogP contribution is -2.29. The Morgan fingerprint density at radius 3 is 2.69 bits per heavy atom. The van der Waals surface area contributed by atoms with Gasteiger partial charge in [0, 0.05) is 12.0 Å². The van der Waals surface area contributed by atoms with Crippen molar-refractivity contribution in [3.63, 3.8) is 0 Å². The molecule has 0 radical (unpaired) electrons. The molecule has 2 aliphatic rings. The molecule has 10 heteroatoms. The highest BCUT2D eigenvalue weighted by Gasteiger charge is 2.48. The van der Waals surface area contributed by atoms with Crippen LogP contribution >= 0.6 is 11.3 Å². The summed E-state index contributed by atoms with van der Waals surface area (Å²) < 4.78 is 16.9. The molecule has 2 aromatic carbocycles. The maximum absolute atomic E-state index is 13.4. The van der Waals surface area contributed by atoms with Gasteiger partial charge in [0.2, 0.25) is 5.13 Å². The van der Waals surface area contributed by atoms with Crippen molar-refractivity contribution in [3.8, 4) is 17.2 Å². The first kappa shape index (κ1) is 23.8. The maximum Gasteiger partial charge on any atom is 0.301 e. The maximum atomic E-state index is 13.4. The van der Waals surface area contributed by atoms with Crippen molar-refractivity contribution >= 4 is 33.9 Å². The summed E-state index contributed by atoms with van der Waals surface area (Å²) in [5.41, 5.74) is 1.88. The van der Waals surface area contributed by atoms with Gasteiger partial charge in [0.1, 0.15) is 22.6 Å². The SMILES string of the molecule is CCOc1ccc(C2/C(=C(/O)c3ccc4c(c3)CC(C)O4)C(=O)C(=O)N2c2nnc(C)s2)cc1OC. The van der Waals surface area contributed by atoms with Crippen LogP contribution in [0.25, 0.3) is 5.76 Å². The normalized spacial score (nSPS) is 20.4. The zero-order valence-electron chi connectivity index (χ0n) is 20.3. The Kier molecular flexibility index (Phi) is 6.13. The summed E-state index contributed by atoms with van der Waals surface area (Å²) in [6.07, 6.45) is 0.717. The number of methoxy groups -OCH3 is 1. The van der Waals surface area contributed by atoms with Gasteiger partial charge in [-0.3, -0.25) is 14.5 Å². The lowest BCUT2D eigenvalue weighted by molar-refractivity contribution is -0.132. The van der Waals surface area contributed by atoms with Crippen LogP contribution in [0.2, 0.25) is 0 Å². The molecule has 0 saturated carbocycles. The van der Waals surface area contributed by atoms with Gasteiger partial charge in [-0.05, 0) is 62.2 Å². The minimum absolute atomic E-state index is 0.0277. The third-order valence-electron chi connectivity index (χ3n) is 6.14. The third-order valence-corrected chi connectivity index (χ3v) is 6.98. The number of rotatable bonds is 6. The molecule has 36 heavy (non-hydrogen) atoms. The number of aryl methyl sites for hydroxylation is 1. The van der Waals surface area contributed by atoms with Gasteiger partial charge in [-0.1, -0.05) is 17.4 Å². The van der Waals surface area contributed by atoms with Crippen LogP contribution in [0.1, 0.15) is 41.6 Å². The minimum atomic E-state index is -0.939. The molecule has 1 N–H and O–H groups in total. The van der Waals surface area contributed by atoms with E-state index in [0.29, 0.717) is 40.7 Å². The first-order valence-electron chi connectivity index (χ1n) is 11.5. The van der Waals surface area contributed by atoms with Crippen LogP contribution in [-0.4, -0.2) is 46.8 Å². The highest BCUT2D eigenvalue weighted by atomic mass is 32.1. The number of ether oxygens (including phenoxy) is 3. The van der Waals surface area contributed by atoms with E-state index in [2.05, 4.69) is 10.2 Å². The van der Waals surface area contributed by atoms with E-state index in [9.17, 15) is 14.7 Å². The first-order chi connectivity index (χ1) is 17.3. The van der Waals surface area contributed by atoms with Crippen molar-refractivity contribution in [1.29, 1.82) is 0 Å². The van der Waals surface area contributed by atoms with Gasteiger partial charge in [-0.2, -0.15) is 0 Å². The Morgan fingerprint density at radius 1 is 1.19 bits per heavy atom. The van der Waals surface area contributed by atoms with E-state index in [1.54, 1.807) is 43.3 Å². The Balaban J connectivity index is 1.69. The van der Waals surface area contributed by atoms with Gasteiger partial charge in [0.25, 0.3) is 5.78 Å². The lowest BCUT2D eigenvalue weighted by Gasteiger charge is -2.23. The molecule has 9 nitrogen and oxygen atoms in total. The number of nitrogens with zero attached hydrogens (tertiary/aromatic N) is 3. The molecule has 1 fully saturated rings. The molecule has 0 aliphatic carbocycles. The van der Waals surface area contributed by atoms with Gasteiger partial charge in [-0.15, -0.1) is 10.2 Å². The zero-order chi connectivity index (χ0) is 25.6. The largest absolute Gasteiger partial charge is 0.507 e. The second-order valence-electron chi connectivity index (χ2n) is 8.57. The van der Waals surface area contributed by atoms with E-state index in [4.69, 9.17) is 14.2 Å². The Morgan fingerprint density at radius 2 is 2.00 bits per heavy atom. The van der Waals surface area contributed by atoms with E-state index in [-0.39, 0.29) is 22.6 Å². The van der Waals surface area contributed by atoms with E-state index >= 15 is 0 Å². The van der Waals surface area contributed by atoms with Crippen LogP contribution in [0.4, 0.5) is 5.13 Å². The van der Waals surface area contributed by atoms with Gasteiger partial charge >= 0.3 is 5.91 Å². The number of Topliss-reactive ketones (excluding diaryl/α,β-unsaturated/α-hetero) is 1. The number of aromatic nitrogens is 2. The molecule has 1 saturated heterocycles. The first-order valence-corrected chi connectivity index (χ1v) is 12.4. The van der Waals surface area contributed by atoms with Crippen LogP contribution in [0.15, 0.2) is 42.0 Å². The summed E-state index contributed by atoms with van der Waals surface area (Å²) in [5.74, 6) is -0.141. The van der Waals surface area contributed by atoms with Crippen LogP contribution in [0.3, 0.4) is 0 Å². The highest BCUT2D eigenvalue weighted by molar-refractivity contribution is 7.15.